The molecule has 0 spiro atoms. The third-order valence-corrected chi connectivity index (χ3v) is 2.75. The van der Waals surface area contributed by atoms with Gasteiger partial charge in [0.15, 0.2) is 0 Å². The van der Waals surface area contributed by atoms with E-state index in [1.54, 1.807) is 13.0 Å². The number of carbonyl (C=O) groups excluding carboxylic acids is 2. The molecule has 0 aromatic heterocycles. The van der Waals surface area contributed by atoms with E-state index >= 15 is 0 Å². The molecule has 6 heteroatoms. The first-order chi connectivity index (χ1) is 8.50. The molecule has 0 bridgehead atoms. The number of urea groups is 1. The highest BCUT2D eigenvalue weighted by molar-refractivity contribution is 5.97. The van der Waals surface area contributed by atoms with Crippen LogP contribution >= 0.6 is 0 Å². The average molecular weight is 249 g/mol. The van der Waals surface area contributed by atoms with E-state index in [1.165, 1.54) is 18.2 Å². The highest BCUT2D eigenvalue weighted by Gasteiger charge is 2.31. The molecule has 4 N–H and O–H groups in total. The fourth-order valence-corrected chi connectivity index (χ4v) is 1.96. The average Bonchev–Trinajstić information content (AvgIpc) is 2.27. The number of nitrogens with one attached hydrogen (secondary N) is 2. The minimum atomic E-state index is -0.863. The highest BCUT2D eigenvalue weighted by atomic mass is 19.1. The Morgan fingerprint density at radius 3 is 2.67 bits per heavy atom. The van der Waals surface area contributed by atoms with Crippen LogP contribution in [0.3, 0.4) is 0 Å². The Morgan fingerprint density at radius 1 is 1.39 bits per heavy atom. The first-order valence-electron chi connectivity index (χ1n) is 5.33. The summed E-state index contributed by atoms with van der Waals surface area (Å²) >= 11 is 0. The Balaban J connectivity index is 2.54. The van der Waals surface area contributed by atoms with Gasteiger partial charge in [-0.25, -0.2) is 9.18 Å². The van der Waals surface area contributed by atoms with E-state index in [4.69, 9.17) is 5.73 Å². The van der Waals surface area contributed by atoms with Gasteiger partial charge in [0.25, 0.3) is 0 Å². The number of nitrogens with two attached hydrogens (primary N) is 1. The van der Waals surface area contributed by atoms with Crippen LogP contribution in [0.5, 0.6) is 0 Å². The van der Waals surface area contributed by atoms with Crippen LogP contribution in [-0.2, 0) is 4.79 Å². The molecule has 18 heavy (non-hydrogen) atoms. The molecule has 0 radical (unpaired) electrons. The van der Waals surface area contributed by atoms with Crippen LogP contribution in [-0.4, -0.2) is 11.9 Å². The van der Waals surface area contributed by atoms with Crippen LogP contribution in [0.1, 0.15) is 18.5 Å². The number of halogens is 1. The van der Waals surface area contributed by atoms with Crippen molar-refractivity contribution < 1.29 is 14.0 Å². The molecule has 0 saturated carbocycles. The summed E-state index contributed by atoms with van der Waals surface area (Å²) in [5, 5.41) is 4.92. The Kier molecular flexibility index (Phi) is 3.01. The fraction of sp³-hybridized carbons (Fsp3) is 0.167. The zero-order valence-corrected chi connectivity index (χ0v) is 9.66. The molecule has 3 amide bonds. The second kappa shape index (κ2) is 4.48. The van der Waals surface area contributed by atoms with Gasteiger partial charge in [0.1, 0.15) is 5.82 Å². The second-order valence-electron chi connectivity index (χ2n) is 3.96. The fourth-order valence-electron chi connectivity index (χ4n) is 1.96. The van der Waals surface area contributed by atoms with Crippen molar-refractivity contribution in [1.29, 1.82) is 0 Å². The van der Waals surface area contributed by atoms with Crippen molar-refractivity contribution in [2.75, 3.05) is 0 Å². The van der Waals surface area contributed by atoms with Crippen LogP contribution in [0.2, 0.25) is 0 Å². The van der Waals surface area contributed by atoms with Gasteiger partial charge in [-0.05, 0) is 13.0 Å². The summed E-state index contributed by atoms with van der Waals surface area (Å²) in [6.07, 6.45) is 0. The third-order valence-electron chi connectivity index (χ3n) is 2.75. The lowest BCUT2D eigenvalue weighted by Crippen LogP contribution is -2.46. The molecule has 1 heterocycles. The molecule has 0 fully saturated rings. The monoisotopic (exact) mass is 249 g/mol. The zero-order valence-electron chi connectivity index (χ0n) is 9.66. The molecule has 0 saturated heterocycles. The van der Waals surface area contributed by atoms with Crippen LogP contribution in [0.25, 0.3) is 0 Å². The van der Waals surface area contributed by atoms with Gasteiger partial charge in [-0.2, -0.15) is 0 Å². The van der Waals surface area contributed by atoms with Gasteiger partial charge in [-0.1, -0.05) is 18.2 Å². The van der Waals surface area contributed by atoms with E-state index in [0.717, 1.165) is 0 Å². The number of hydrogen-bond donors (Lipinski definition) is 3. The quantitative estimate of drug-likeness (QED) is 0.728. The number of amides is 3. The van der Waals surface area contributed by atoms with Gasteiger partial charge in [-0.15, -0.1) is 0 Å². The van der Waals surface area contributed by atoms with Crippen LogP contribution in [0, 0.1) is 5.82 Å². The van der Waals surface area contributed by atoms with Crippen molar-refractivity contribution in [1.82, 2.24) is 10.6 Å². The van der Waals surface area contributed by atoms with Crippen LogP contribution < -0.4 is 16.4 Å². The topological polar surface area (TPSA) is 84.2 Å². The van der Waals surface area contributed by atoms with Gasteiger partial charge in [0.05, 0.1) is 11.6 Å². The van der Waals surface area contributed by atoms with E-state index in [-0.39, 0.29) is 11.1 Å². The standard InChI is InChI=1S/C12H12FN3O2/c1-6-9(11(14)17)10(16-12(18)15-6)7-4-2-3-5-8(7)13/h2-5,10H,1H3,(H2,14,17)(H2,15,16,18)/t10-/m0/s1. The maximum atomic E-state index is 13.7. The molecular weight excluding hydrogens is 237 g/mol. The van der Waals surface area contributed by atoms with E-state index in [0.29, 0.717) is 5.70 Å². The summed E-state index contributed by atoms with van der Waals surface area (Å²) in [6.45, 7) is 1.55. The van der Waals surface area contributed by atoms with E-state index in [9.17, 15) is 14.0 Å². The van der Waals surface area contributed by atoms with E-state index in [2.05, 4.69) is 10.6 Å². The Labute approximate surface area is 103 Å². The normalized spacial score (nSPS) is 19.2. The molecule has 1 aliphatic heterocycles. The summed E-state index contributed by atoms with van der Waals surface area (Å²) in [5.74, 6) is -1.20. The molecule has 2 rings (SSSR count). The minimum absolute atomic E-state index is 0.153. The molecular formula is C12H12FN3O2. The van der Waals surface area contributed by atoms with Crippen molar-refractivity contribution in [2.45, 2.75) is 13.0 Å². The molecule has 0 unspecified atom stereocenters. The Morgan fingerprint density at radius 2 is 2.06 bits per heavy atom. The van der Waals surface area contributed by atoms with Crippen molar-refractivity contribution in [3.05, 3.63) is 46.9 Å². The number of hydrogen-bond acceptors (Lipinski definition) is 2. The Bertz CT molecular complexity index is 554. The second-order valence-corrected chi connectivity index (χ2v) is 3.96. The van der Waals surface area contributed by atoms with Crippen molar-refractivity contribution >= 4 is 11.9 Å². The highest BCUT2D eigenvalue weighted by Crippen LogP contribution is 2.27. The Hall–Kier alpha value is -2.37. The zero-order chi connectivity index (χ0) is 13.3. The molecule has 5 nitrogen and oxygen atoms in total. The first kappa shape index (κ1) is 12.1. The number of benzene rings is 1. The lowest BCUT2D eigenvalue weighted by molar-refractivity contribution is -0.115. The molecule has 1 aromatic carbocycles. The van der Waals surface area contributed by atoms with Gasteiger partial charge in [-0.3, -0.25) is 4.79 Å². The number of allylic oxidation sites excluding steroid dienone is 1. The maximum absolute atomic E-state index is 13.7. The largest absolute Gasteiger partial charge is 0.366 e. The lowest BCUT2D eigenvalue weighted by Gasteiger charge is -2.27. The summed E-state index contributed by atoms with van der Waals surface area (Å²) in [6, 6.07) is 4.56. The molecule has 94 valence electrons. The van der Waals surface area contributed by atoms with Crippen LogP contribution in [0.4, 0.5) is 9.18 Å². The summed E-state index contributed by atoms with van der Waals surface area (Å²) in [5.41, 5.74) is 5.96. The van der Waals surface area contributed by atoms with Gasteiger partial charge >= 0.3 is 6.03 Å². The van der Waals surface area contributed by atoms with Crippen molar-refractivity contribution in [2.24, 2.45) is 5.73 Å². The SMILES string of the molecule is CC1=C(C(N)=O)[C@H](c2ccccc2F)NC(=O)N1. The molecule has 0 aliphatic carbocycles. The smallest absolute Gasteiger partial charge is 0.319 e. The van der Waals surface area contributed by atoms with Crippen LogP contribution in [0.15, 0.2) is 35.5 Å². The van der Waals surface area contributed by atoms with Gasteiger partial charge in [0, 0.05) is 11.3 Å². The number of primary amides is 1. The molecule has 1 aromatic rings. The van der Waals surface area contributed by atoms with E-state index < -0.39 is 23.8 Å². The number of rotatable bonds is 2. The van der Waals surface area contributed by atoms with Gasteiger partial charge in [0.2, 0.25) is 5.91 Å². The predicted molar refractivity (Wildman–Crippen MR) is 62.7 cm³/mol. The maximum Gasteiger partial charge on any atom is 0.319 e. The van der Waals surface area contributed by atoms with Crippen molar-refractivity contribution in [3.8, 4) is 0 Å². The van der Waals surface area contributed by atoms with E-state index in [1.807, 2.05) is 0 Å². The summed E-state index contributed by atoms with van der Waals surface area (Å²) in [7, 11) is 0. The predicted octanol–water partition coefficient (Wildman–Crippen LogP) is 0.939. The lowest BCUT2D eigenvalue weighted by atomic mass is 9.95. The third kappa shape index (κ3) is 2.04. The number of carbonyl (C=O) groups is 2. The van der Waals surface area contributed by atoms with Crippen molar-refractivity contribution in [3.63, 3.8) is 0 Å². The summed E-state index contributed by atoms with van der Waals surface area (Å²) < 4.78 is 13.7. The minimum Gasteiger partial charge on any atom is -0.366 e. The molecule has 1 aliphatic rings. The van der Waals surface area contributed by atoms with Gasteiger partial charge < -0.3 is 16.4 Å². The summed E-state index contributed by atoms with van der Waals surface area (Å²) in [4.78, 5) is 22.8. The molecule has 1 atom stereocenters. The first-order valence-corrected chi connectivity index (χ1v) is 5.33.